The van der Waals surface area contributed by atoms with Crippen LogP contribution in [0.4, 0.5) is 13.2 Å². The minimum Gasteiger partial charge on any atom is -0.396 e. The summed E-state index contributed by atoms with van der Waals surface area (Å²) in [5.41, 5.74) is -0.898. The van der Waals surface area contributed by atoms with Crippen LogP contribution < -0.4 is 5.32 Å². The van der Waals surface area contributed by atoms with E-state index in [4.69, 9.17) is 10.2 Å². The van der Waals surface area contributed by atoms with Crippen molar-refractivity contribution in [3.63, 3.8) is 0 Å². The third-order valence-corrected chi connectivity index (χ3v) is 1.64. The second-order valence-electron chi connectivity index (χ2n) is 3.35. The normalized spacial score (nSPS) is 13.4. The van der Waals surface area contributed by atoms with Gasteiger partial charge in [-0.2, -0.15) is 13.2 Å². The van der Waals surface area contributed by atoms with Crippen molar-refractivity contribution >= 4 is 0 Å². The van der Waals surface area contributed by atoms with Crippen molar-refractivity contribution in [2.24, 2.45) is 5.41 Å². The molecule has 0 aromatic carbocycles. The van der Waals surface area contributed by atoms with Crippen LogP contribution in [0.2, 0.25) is 0 Å². The summed E-state index contributed by atoms with van der Waals surface area (Å²) in [5, 5.41) is 19.6. The van der Waals surface area contributed by atoms with Crippen LogP contribution in [-0.4, -0.2) is 42.7 Å². The summed E-state index contributed by atoms with van der Waals surface area (Å²) in [6.07, 6.45) is -4.26. The van der Waals surface area contributed by atoms with E-state index in [-0.39, 0.29) is 19.8 Å². The molecule has 0 saturated carbocycles. The van der Waals surface area contributed by atoms with Gasteiger partial charge in [-0.1, -0.05) is 6.92 Å². The van der Waals surface area contributed by atoms with Crippen molar-refractivity contribution in [2.75, 3.05) is 26.3 Å². The van der Waals surface area contributed by atoms with Crippen LogP contribution in [0.15, 0.2) is 0 Å². The zero-order valence-corrected chi connectivity index (χ0v) is 7.36. The number of nitrogens with one attached hydrogen (secondary N) is 1. The molecule has 0 atom stereocenters. The number of rotatable bonds is 5. The summed E-state index contributed by atoms with van der Waals surface area (Å²) in [7, 11) is 0. The summed E-state index contributed by atoms with van der Waals surface area (Å²) in [6.45, 7) is -0.388. The molecule has 3 nitrogen and oxygen atoms in total. The van der Waals surface area contributed by atoms with E-state index < -0.39 is 18.1 Å². The lowest BCUT2D eigenvalue weighted by atomic mass is 9.93. The van der Waals surface area contributed by atoms with E-state index in [9.17, 15) is 13.2 Å². The molecule has 0 aliphatic heterocycles. The van der Waals surface area contributed by atoms with Crippen molar-refractivity contribution in [3.8, 4) is 0 Å². The van der Waals surface area contributed by atoms with Crippen molar-refractivity contribution in [3.05, 3.63) is 0 Å². The molecule has 0 aliphatic rings. The first-order chi connectivity index (χ1) is 5.83. The lowest BCUT2D eigenvalue weighted by molar-refractivity contribution is -0.126. The van der Waals surface area contributed by atoms with E-state index in [1.807, 2.05) is 0 Å². The minimum absolute atomic E-state index is 0.0699. The largest absolute Gasteiger partial charge is 0.401 e. The van der Waals surface area contributed by atoms with Crippen LogP contribution >= 0.6 is 0 Å². The van der Waals surface area contributed by atoms with E-state index in [0.717, 1.165) is 0 Å². The first-order valence-corrected chi connectivity index (χ1v) is 3.82. The Kier molecular flexibility index (Phi) is 4.66. The van der Waals surface area contributed by atoms with Gasteiger partial charge in [0.2, 0.25) is 0 Å². The molecule has 0 unspecified atom stereocenters. The molecule has 80 valence electrons. The van der Waals surface area contributed by atoms with Gasteiger partial charge in [-0.15, -0.1) is 0 Å². The molecule has 0 radical (unpaired) electrons. The predicted molar refractivity (Wildman–Crippen MR) is 41.2 cm³/mol. The fraction of sp³-hybridized carbons (Fsp3) is 1.00. The Balaban J connectivity index is 3.74. The van der Waals surface area contributed by atoms with Gasteiger partial charge in [0.15, 0.2) is 0 Å². The molecule has 0 saturated heterocycles. The highest BCUT2D eigenvalue weighted by Crippen LogP contribution is 2.15. The van der Waals surface area contributed by atoms with E-state index >= 15 is 0 Å². The Morgan fingerprint density at radius 3 is 1.85 bits per heavy atom. The third kappa shape index (κ3) is 5.84. The van der Waals surface area contributed by atoms with Crippen molar-refractivity contribution < 1.29 is 23.4 Å². The number of halogens is 3. The fourth-order valence-corrected chi connectivity index (χ4v) is 0.668. The van der Waals surface area contributed by atoms with Gasteiger partial charge in [0.25, 0.3) is 0 Å². The molecule has 13 heavy (non-hydrogen) atoms. The van der Waals surface area contributed by atoms with Crippen molar-refractivity contribution in [1.82, 2.24) is 5.32 Å². The summed E-state index contributed by atoms with van der Waals surface area (Å²) >= 11 is 0. The van der Waals surface area contributed by atoms with Crippen LogP contribution in [0.1, 0.15) is 6.92 Å². The molecule has 3 N–H and O–H groups in total. The maximum atomic E-state index is 11.7. The maximum Gasteiger partial charge on any atom is 0.401 e. The number of aliphatic hydroxyl groups is 2. The van der Waals surface area contributed by atoms with Crippen molar-refractivity contribution in [2.45, 2.75) is 13.1 Å². The topological polar surface area (TPSA) is 52.5 Å². The maximum absolute atomic E-state index is 11.7. The molecule has 0 aromatic rings. The van der Waals surface area contributed by atoms with Crippen LogP contribution in [0, 0.1) is 5.41 Å². The van der Waals surface area contributed by atoms with Crippen LogP contribution in [0.3, 0.4) is 0 Å². The Labute approximate surface area is 74.6 Å². The third-order valence-electron chi connectivity index (χ3n) is 1.64. The number of aliphatic hydroxyl groups excluding tert-OH is 2. The van der Waals surface area contributed by atoms with Gasteiger partial charge in [-0.25, -0.2) is 0 Å². The Morgan fingerprint density at radius 1 is 1.08 bits per heavy atom. The molecule has 0 rings (SSSR count). The number of hydrogen-bond acceptors (Lipinski definition) is 3. The van der Waals surface area contributed by atoms with Gasteiger partial charge in [0.1, 0.15) is 0 Å². The fourth-order valence-electron chi connectivity index (χ4n) is 0.668. The lowest BCUT2D eigenvalue weighted by Gasteiger charge is -2.25. The molecule has 6 heteroatoms. The molecular formula is C7H14F3NO2. The predicted octanol–water partition coefficient (Wildman–Crippen LogP) is 0.129. The molecular weight excluding hydrogens is 187 g/mol. The summed E-state index contributed by atoms with van der Waals surface area (Å²) in [5.74, 6) is 0. The molecule has 0 spiro atoms. The van der Waals surface area contributed by atoms with Gasteiger partial charge in [-0.3, -0.25) is 0 Å². The number of hydrogen-bond donors (Lipinski definition) is 3. The molecule has 0 bridgehead atoms. The van der Waals surface area contributed by atoms with E-state index in [1.54, 1.807) is 0 Å². The Bertz CT molecular complexity index is 145. The smallest absolute Gasteiger partial charge is 0.396 e. The summed E-state index contributed by atoms with van der Waals surface area (Å²) in [4.78, 5) is 0. The second-order valence-corrected chi connectivity index (χ2v) is 3.35. The van der Waals surface area contributed by atoms with Gasteiger partial charge in [-0.05, 0) is 0 Å². The standard InChI is InChI=1S/C7H14F3NO2/c1-6(4-12,5-13)2-11-3-7(8,9)10/h11-13H,2-5H2,1H3. The molecule has 0 heterocycles. The summed E-state index contributed by atoms with van der Waals surface area (Å²) < 4.78 is 35.0. The van der Waals surface area contributed by atoms with Crippen LogP contribution in [0.5, 0.6) is 0 Å². The SMILES string of the molecule is CC(CO)(CO)CNCC(F)(F)F. The molecule has 0 fully saturated rings. The first kappa shape index (κ1) is 12.7. The lowest BCUT2D eigenvalue weighted by Crippen LogP contribution is -2.41. The average molecular weight is 201 g/mol. The quantitative estimate of drug-likeness (QED) is 0.592. The molecule has 0 amide bonds. The zero-order chi connectivity index (χ0) is 10.5. The second kappa shape index (κ2) is 4.78. The highest BCUT2D eigenvalue weighted by atomic mass is 19.4. The molecule has 0 aliphatic carbocycles. The first-order valence-electron chi connectivity index (χ1n) is 3.82. The average Bonchev–Trinajstić information content (AvgIpc) is 2.02. The van der Waals surface area contributed by atoms with Crippen LogP contribution in [-0.2, 0) is 0 Å². The van der Waals surface area contributed by atoms with E-state index in [0.29, 0.717) is 0 Å². The zero-order valence-electron chi connectivity index (χ0n) is 7.36. The summed E-state index contributed by atoms with van der Waals surface area (Å²) in [6, 6.07) is 0. The highest BCUT2D eigenvalue weighted by Gasteiger charge is 2.29. The number of alkyl halides is 3. The van der Waals surface area contributed by atoms with Gasteiger partial charge < -0.3 is 15.5 Å². The van der Waals surface area contributed by atoms with E-state index in [2.05, 4.69) is 5.32 Å². The van der Waals surface area contributed by atoms with Crippen molar-refractivity contribution in [1.29, 1.82) is 0 Å². The highest BCUT2D eigenvalue weighted by molar-refractivity contribution is 4.75. The van der Waals surface area contributed by atoms with Gasteiger partial charge >= 0.3 is 6.18 Å². The van der Waals surface area contributed by atoms with Crippen LogP contribution in [0.25, 0.3) is 0 Å². The van der Waals surface area contributed by atoms with E-state index in [1.165, 1.54) is 6.92 Å². The Morgan fingerprint density at radius 2 is 1.54 bits per heavy atom. The van der Waals surface area contributed by atoms with Gasteiger partial charge in [0, 0.05) is 12.0 Å². The monoisotopic (exact) mass is 201 g/mol. The van der Waals surface area contributed by atoms with Gasteiger partial charge in [0.05, 0.1) is 19.8 Å². The Hall–Kier alpha value is -0.330. The molecule has 0 aromatic heterocycles. The minimum atomic E-state index is -4.26.